The summed E-state index contributed by atoms with van der Waals surface area (Å²) < 4.78 is 99.3. The lowest BCUT2D eigenvalue weighted by Gasteiger charge is -2.24. The maximum atomic E-state index is 15.1. The molecule has 0 radical (unpaired) electrons. The maximum Gasteiger partial charge on any atom is 0.416 e. The highest BCUT2D eigenvalue weighted by Gasteiger charge is 2.32. The Morgan fingerprint density at radius 3 is 1.95 bits per heavy atom. The van der Waals surface area contributed by atoms with Gasteiger partial charge in [-0.3, -0.25) is 0 Å². The zero-order chi connectivity index (χ0) is 29.8. The van der Waals surface area contributed by atoms with E-state index >= 15 is 4.39 Å². The molecular formula is C31H26F7NO2. The minimum Gasteiger partial charge on any atom is -0.457 e. The average Bonchev–Trinajstić information content (AvgIpc) is 2.93. The number of ether oxygens (including phenoxy) is 1. The molecule has 216 valence electrons. The van der Waals surface area contributed by atoms with E-state index in [1.807, 2.05) is 25.1 Å². The molecule has 0 spiro atoms. The van der Waals surface area contributed by atoms with E-state index < -0.39 is 41.4 Å². The molecule has 4 aromatic carbocycles. The van der Waals surface area contributed by atoms with E-state index in [1.165, 1.54) is 0 Å². The lowest BCUT2D eigenvalue weighted by atomic mass is 9.96. The molecule has 0 bridgehead atoms. The lowest BCUT2D eigenvalue weighted by molar-refractivity contribution is -0.138. The van der Waals surface area contributed by atoms with Crippen LogP contribution in [-0.2, 0) is 18.8 Å². The Kier molecular flexibility index (Phi) is 9.04. The molecule has 41 heavy (non-hydrogen) atoms. The number of benzene rings is 4. The fourth-order valence-electron chi connectivity index (χ4n) is 4.31. The van der Waals surface area contributed by atoms with Crippen LogP contribution in [0, 0.1) is 5.82 Å². The normalized spacial score (nSPS) is 13.6. The van der Waals surface area contributed by atoms with E-state index in [2.05, 4.69) is 5.32 Å². The van der Waals surface area contributed by atoms with Crippen molar-refractivity contribution in [2.45, 2.75) is 37.8 Å². The molecule has 0 saturated heterocycles. The minimum absolute atomic E-state index is 0.122. The summed E-state index contributed by atoms with van der Waals surface area (Å²) in [6, 6.07) is 19.0. The van der Waals surface area contributed by atoms with Crippen LogP contribution < -0.4 is 10.1 Å². The quantitative estimate of drug-likeness (QED) is 0.196. The number of halogens is 7. The first-order valence-corrected chi connectivity index (χ1v) is 12.7. The summed E-state index contributed by atoms with van der Waals surface area (Å²) in [6.45, 7) is 1.74. The van der Waals surface area contributed by atoms with Crippen molar-refractivity contribution in [3.8, 4) is 11.5 Å². The summed E-state index contributed by atoms with van der Waals surface area (Å²) in [5.41, 5.74) is -0.523. The SMILES string of the molecule is CCc1cccc(Oc2cccc(C(NCC(O)c3ccc(C(F)(F)F)cc3)c3ccc(C(F)(F)F)cc3F)c2)c1. The molecule has 0 heterocycles. The van der Waals surface area contributed by atoms with Crippen LogP contribution >= 0.6 is 0 Å². The second kappa shape index (κ2) is 12.3. The second-order valence-corrected chi connectivity index (χ2v) is 9.39. The first-order valence-electron chi connectivity index (χ1n) is 12.7. The van der Waals surface area contributed by atoms with Crippen LogP contribution in [0.2, 0.25) is 0 Å². The Labute approximate surface area is 232 Å². The van der Waals surface area contributed by atoms with Gasteiger partial charge < -0.3 is 15.2 Å². The molecule has 0 aliphatic heterocycles. The summed E-state index contributed by atoms with van der Waals surface area (Å²) in [5.74, 6) is -0.175. The van der Waals surface area contributed by atoms with E-state index in [4.69, 9.17) is 4.74 Å². The molecule has 2 atom stereocenters. The molecule has 0 aliphatic rings. The molecule has 4 rings (SSSR count). The molecule has 2 unspecified atom stereocenters. The van der Waals surface area contributed by atoms with E-state index in [9.17, 15) is 31.4 Å². The maximum absolute atomic E-state index is 15.1. The molecule has 0 aliphatic carbocycles. The number of aryl methyl sites for hydroxylation is 1. The van der Waals surface area contributed by atoms with Crippen LogP contribution in [0.15, 0.2) is 91.0 Å². The summed E-state index contributed by atoms with van der Waals surface area (Å²) in [7, 11) is 0. The van der Waals surface area contributed by atoms with Crippen molar-refractivity contribution in [3.05, 3.63) is 130 Å². The smallest absolute Gasteiger partial charge is 0.416 e. The zero-order valence-electron chi connectivity index (χ0n) is 21.7. The molecule has 4 aromatic rings. The number of rotatable bonds is 9. The van der Waals surface area contributed by atoms with Crippen LogP contribution in [-0.4, -0.2) is 11.7 Å². The number of alkyl halides is 6. The first-order chi connectivity index (χ1) is 19.3. The van der Waals surface area contributed by atoms with Gasteiger partial charge in [0.25, 0.3) is 0 Å². The van der Waals surface area contributed by atoms with Crippen LogP contribution in [0.4, 0.5) is 30.7 Å². The van der Waals surface area contributed by atoms with Gasteiger partial charge in [-0.1, -0.05) is 49.4 Å². The van der Waals surface area contributed by atoms with Crippen molar-refractivity contribution in [1.82, 2.24) is 5.32 Å². The third-order valence-electron chi connectivity index (χ3n) is 6.51. The van der Waals surface area contributed by atoms with Gasteiger partial charge in [-0.15, -0.1) is 0 Å². The predicted molar refractivity (Wildman–Crippen MR) is 140 cm³/mol. The highest BCUT2D eigenvalue weighted by atomic mass is 19.4. The van der Waals surface area contributed by atoms with Gasteiger partial charge in [0.15, 0.2) is 0 Å². The predicted octanol–water partition coefficient (Wildman–Crippen LogP) is 8.63. The highest BCUT2D eigenvalue weighted by molar-refractivity contribution is 5.41. The van der Waals surface area contributed by atoms with E-state index in [0.29, 0.717) is 23.1 Å². The van der Waals surface area contributed by atoms with E-state index in [1.54, 1.807) is 30.3 Å². The molecule has 0 amide bonds. The molecule has 0 fully saturated rings. The van der Waals surface area contributed by atoms with E-state index in [0.717, 1.165) is 48.4 Å². The topological polar surface area (TPSA) is 41.5 Å². The first kappa shape index (κ1) is 30.1. The van der Waals surface area contributed by atoms with Crippen molar-refractivity contribution in [3.63, 3.8) is 0 Å². The third-order valence-corrected chi connectivity index (χ3v) is 6.51. The zero-order valence-corrected chi connectivity index (χ0v) is 21.7. The van der Waals surface area contributed by atoms with Crippen LogP contribution in [0.25, 0.3) is 0 Å². The van der Waals surface area contributed by atoms with Gasteiger partial charge >= 0.3 is 12.4 Å². The molecule has 0 aromatic heterocycles. The summed E-state index contributed by atoms with van der Waals surface area (Å²) in [4.78, 5) is 0. The number of hydrogen-bond acceptors (Lipinski definition) is 3. The molecule has 3 nitrogen and oxygen atoms in total. The Bertz CT molecular complexity index is 1470. The minimum atomic E-state index is -4.75. The van der Waals surface area contributed by atoms with E-state index in [-0.39, 0.29) is 17.7 Å². The molecule has 0 saturated carbocycles. The van der Waals surface area contributed by atoms with Gasteiger partial charge in [0.05, 0.1) is 23.3 Å². The average molecular weight is 578 g/mol. The van der Waals surface area contributed by atoms with Crippen LogP contribution in [0.1, 0.15) is 52.5 Å². The fraction of sp³-hybridized carbons (Fsp3) is 0.226. The van der Waals surface area contributed by atoms with Crippen molar-refractivity contribution in [2.75, 3.05) is 6.54 Å². The van der Waals surface area contributed by atoms with Gasteiger partial charge in [0.2, 0.25) is 0 Å². The second-order valence-electron chi connectivity index (χ2n) is 9.39. The molecule has 10 heteroatoms. The Balaban J connectivity index is 1.64. The van der Waals surface area contributed by atoms with Gasteiger partial charge in [0, 0.05) is 12.1 Å². The Morgan fingerprint density at radius 1 is 0.732 bits per heavy atom. The van der Waals surface area contributed by atoms with Gasteiger partial charge in [-0.05, 0) is 71.6 Å². The van der Waals surface area contributed by atoms with Gasteiger partial charge in [0.1, 0.15) is 17.3 Å². The fourth-order valence-corrected chi connectivity index (χ4v) is 4.31. The number of hydrogen-bond donors (Lipinski definition) is 2. The van der Waals surface area contributed by atoms with Crippen molar-refractivity contribution < 1.29 is 40.6 Å². The van der Waals surface area contributed by atoms with Crippen molar-refractivity contribution in [2.24, 2.45) is 0 Å². The number of nitrogens with one attached hydrogen (secondary N) is 1. The number of aliphatic hydroxyl groups excluding tert-OH is 1. The lowest BCUT2D eigenvalue weighted by Crippen LogP contribution is -2.28. The monoisotopic (exact) mass is 577 g/mol. The standard InChI is InChI=1S/C31H26F7NO2/c1-2-19-5-3-7-24(15-19)41-25-8-4-6-21(16-25)29(26-14-13-23(17-27(26)32)31(36,37)38)39-18-28(40)20-9-11-22(12-10-20)30(33,34)35/h3-17,28-29,39-40H,2,18H2,1H3. The van der Waals surface area contributed by atoms with Crippen LogP contribution in [0.3, 0.4) is 0 Å². The molecular weight excluding hydrogens is 551 g/mol. The number of aliphatic hydroxyl groups is 1. The van der Waals surface area contributed by atoms with Crippen LogP contribution in [0.5, 0.6) is 11.5 Å². The van der Waals surface area contributed by atoms with Gasteiger partial charge in [-0.2, -0.15) is 26.3 Å². The van der Waals surface area contributed by atoms with Crippen molar-refractivity contribution in [1.29, 1.82) is 0 Å². The Hall–Kier alpha value is -3.89. The largest absolute Gasteiger partial charge is 0.457 e. The third kappa shape index (κ3) is 7.65. The highest BCUT2D eigenvalue weighted by Crippen LogP contribution is 2.35. The Morgan fingerprint density at radius 2 is 1.34 bits per heavy atom. The van der Waals surface area contributed by atoms with Gasteiger partial charge in [-0.25, -0.2) is 4.39 Å². The van der Waals surface area contributed by atoms with Crippen molar-refractivity contribution >= 4 is 0 Å². The summed E-state index contributed by atoms with van der Waals surface area (Å²) >= 11 is 0. The molecule has 2 N–H and O–H groups in total. The summed E-state index contributed by atoms with van der Waals surface area (Å²) in [6.07, 6.45) is -9.80. The summed E-state index contributed by atoms with van der Waals surface area (Å²) in [5, 5.41) is 13.6.